The molecule has 0 radical (unpaired) electrons. The van der Waals surface area contributed by atoms with E-state index in [1.165, 1.54) is 35.1 Å². The zero-order valence-electron chi connectivity index (χ0n) is 32.0. The highest BCUT2D eigenvalue weighted by Gasteiger charge is 2.31. The number of hydrazone groups is 2. The van der Waals surface area contributed by atoms with Crippen LogP contribution in [0.5, 0.6) is 11.5 Å². The first-order valence-corrected chi connectivity index (χ1v) is 20.2. The van der Waals surface area contributed by atoms with Gasteiger partial charge in [-0.05, 0) is 83.6 Å². The van der Waals surface area contributed by atoms with Gasteiger partial charge in [0, 0.05) is 12.8 Å². The lowest BCUT2D eigenvalue weighted by Crippen LogP contribution is -2.18. The number of para-hydroxylation sites is 2. The van der Waals surface area contributed by atoms with E-state index < -0.39 is 0 Å². The molecule has 0 bridgehead atoms. The molecule has 0 unspecified atom stereocenters. The number of ether oxygens (including phenoxy) is 2. The van der Waals surface area contributed by atoms with Crippen LogP contribution in [0.3, 0.4) is 0 Å². The van der Waals surface area contributed by atoms with Crippen molar-refractivity contribution in [1.29, 1.82) is 0 Å². The monoisotopic (exact) mass is 738 g/mol. The van der Waals surface area contributed by atoms with Crippen LogP contribution < -0.4 is 19.5 Å². The van der Waals surface area contributed by atoms with E-state index >= 15 is 0 Å². The lowest BCUT2D eigenvalue weighted by atomic mass is 9.98. The molecule has 8 rings (SSSR count). The summed E-state index contributed by atoms with van der Waals surface area (Å²) in [5.74, 6) is 1.85. The van der Waals surface area contributed by atoms with Gasteiger partial charge in [-0.1, -0.05) is 147 Å². The molecule has 56 heavy (non-hydrogen) atoms. The van der Waals surface area contributed by atoms with E-state index in [-0.39, 0.29) is 12.1 Å². The van der Waals surface area contributed by atoms with Crippen LogP contribution >= 0.6 is 0 Å². The molecule has 6 aromatic carbocycles. The zero-order valence-corrected chi connectivity index (χ0v) is 32.0. The minimum Gasteiger partial charge on any atom is -0.494 e. The summed E-state index contributed by atoms with van der Waals surface area (Å²) in [7, 11) is 0. The van der Waals surface area contributed by atoms with Crippen LogP contribution in [-0.2, 0) is 0 Å². The SMILES string of the molecule is c1ccc(C2=NN(c3ccccc3)[C@@H](c3cccc(OCCCCCCCCOc4cccc([C@@H]5CC(c6ccccc6)=NN5c5ccccc5)c4)c3)C2)cc1. The maximum Gasteiger partial charge on any atom is 0.119 e. The van der Waals surface area contributed by atoms with E-state index in [9.17, 15) is 0 Å². The summed E-state index contributed by atoms with van der Waals surface area (Å²) in [4.78, 5) is 0. The van der Waals surface area contributed by atoms with Crippen molar-refractivity contribution in [3.63, 3.8) is 0 Å². The standard InChI is InChI=1S/C50H50N4O2/c1(3-17-33-55-45-31-19-25-41(35-45)49-37-47(39-21-9-5-10-22-39)51-53(49)43-27-13-7-14-28-43)2-4-18-34-56-46-32-20-26-42(36-46)50-38-48(40-23-11-6-12-24-40)52-54(50)44-29-15-8-16-30-44/h5-16,19-32,35-36,49-50H,1-4,17-18,33-34,37-38H2/t49-,50+. The van der Waals surface area contributed by atoms with E-state index in [4.69, 9.17) is 19.7 Å². The molecule has 6 aromatic rings. The van der Waals surface area contributed by atoms with E-state index in [1.54, 1.807) is 0 Å². The maximum atomic E-state index is 6.27. The van der Waals surface area contributed by atoms with Gasteiger partial charge in [-0.3, -0.25) is 10.0 Å². The summed E-state index contributed by atoms with van der Waals surface area (Å²) in [6.45, 7) is 1.45. The van der Waals surface area contributed by atoms with Crippen LogP contribution in [0.15, 0.2) is 180 Å². The lowest BCUT2D eigenvalue weighted by Gasteiger charge is -2.24. The Morgan fingerprint density at radius 3 is 1.20 bits per heavy atom. The summed E-state index contributed by atoms with van der Waals surface area (Å²) >= 11 is 0. The molecule has 0 N–H and O–H groups in total. The van der Waals surface area contributed by atoms with Gasteiger partial charge in [0.1, 0.15) is 11.5 Å². The number of hydrogen-bond acceptors (Lipinski definition) is 6. The van der Waals surface area contributed by atoms with Gasteiger partial charge in [-0.2, -0.15) is 10.2 Å². The lowest BCUT2D eigenvalue weighted by molar-refractivity contribution is 0.296. The molecular weight excluding hydrogens is 689 g/mol. The van der Waals surface area contributed by atoms with Crippen LogP contribution in [0, 0.1) is 0 Å². The van der Waals surface area contributed by atoms with Crippen molar-refractivity contribution in [2.24, 2.45) is 10.2 Å². The average Bonchev–Trinajstić information content (AvgIpc) is 3.93. The van der Waals surface area contributed by atoms with Crippen molar-refractivity contribution in [3.8, 4) is 11.5 Å². The second-order valence-electron chi connectivity index (χ2n) is 14.6. The van der Waals surface area contributed by atoms with Crippen LogP contribution in [-0.4, -0.2) is 24.6 Å². The molecule has 6 nitrogen and oxygen atoms in total. The summed E-state index contributed by atoms with van der Waals surface area (Å²) in [5.41, 5.74) is 9.18. The van der Waals surface area contributed by atoms with E-state index in [1.807, 2.05) is 12.1 Å². The van der Waals surface area contributed by atoms with E-state index in [2.05, 4.69) is 168 Å². The van der Waals surface area contributed by atoms with Crippen LogP contribution in [0.25, 0.3) is 0 Å². The molecular formula is C50H50N4O2. The van der Waals surface area contributed by atoms with Gasteiger partial charge in [0.2, 0.25) is 0 Å². The van der Waals surface area contributed by atoms with Gasteiger partial charge < -0.3 is 9.47 Å². The van der Waals surface area contributed by atoms with Gasteiger partial charge >= 0.3 is 0 Å². The molecule has 2 atom stereocenters. The third kappa shape index (κ3) is 9.20. The first-order chi connectivity index (χ1) is 27.8. The molecule has 0 spiro atoms. The minimum atomic E-state index is 0.115. The highest BCUT2D eigenvalue weighted by molar-refractivity contribution is 6.04. The van der Waals surface area contributed by atoms with Gasteiger partial charge in [0.25, 0.3) is 0 Å². The molecule has 0 saturated heterocycles. The topological polar surface area (TPSA) is 49.7 Å². The normalized spacial score (nSPS) is 16.4. The second kappa shape index (κ2) is 18.5. The largest absolute Gasteiger partial charge is 0.494 e. The highest BCUT2D eigenvalue weighted by Crippen LogP contribution is 2.39. The molecule has 0 aromatic heterocycles. The predicted molar refractivity (Wildman–Crippen MR) is 230 cm³/mol. The average molecular weight is 739 g/mol. The van der Waals surface area contributed by atoms with Crippen molar-refractivity contribution < 1.29 is 9.47 Å². The molecule has 0 fully saturated rings. The van der Waals surface area contributed by atoms with Crippen molar-refractivity contribution in [3.05, 3.63) is 192 Å². The minimum absolute atomic E-state index is 0.115. The van der Waals surface area contributed by atoms with Crippen molar-refractivity contribution >= 4 is 22.8 Å². The molecule has 2 aliphatic heterocycles. The molecule has 282 valence electrons. The van der Waals surface area contributed by atoms with Crippen LogP contribution in [0.4, 0.5) is 11.4 Å². The summed E-state index contributed by atoms with van der Waals surface area (Å²) in [6, 6.07) is 59.3. The van der Waals surface area contributed by atoms with Gasteiger partial charge in [-0.25, -0.2) is 0 Å². The van der Waals surface area contributed by atoms with Gasteiger partial charge in [-0.15, -0.1) is 0 Å². The Bertz CT molecular complexity index is 2030. The Morgan fingerprint density at radius 2 is 0.786 bits per heavy atom. The molecule has 2 aliphatic rings. The molecule has 0 aliphatic carbocycles. The predicted octanol–water partition coefficient (Wildman–Crippen LogP) is 12.2. The van der Waals surface area contributed by atoms with Crippen molar-refractivity contribution in [2.45, 2.75) is 63.5 Å². The quantitative estimate of drug-likeness (QED) is 0.0874. The fraction of sp³-hybridized carbons (Fsp3) is 0.240. The van der Waals surface area contributed by atoms with Crippen LogP contribution in [0.2, 0.25) is 0 Å². The Balaban J connectivity index is 0.764. The number of anilines is 2. The third-order valence-corrected chi connectivity index (χ3v) is 10.6. The Morgan fingerprint density at radius 1 is 0.411 bits per heavy atom. The first kappa shape index (κ1) is 36.8. The molecule has 0 saturated carbocycles. The Kier molecular flexibility index (Phi) is 12.1. The molecule has 6 heteroatoms. The number of hydrogen-bond donors (Lipinski definition) is 0. The fourth-order valence-electron chi connectivity index (χ4n) is 7.70. The van der Waals surface area contributed by atoms with Gasteiger partial charge in [0.15, 0.2) is 0 Å². The number of benzene rings is 6. The zero-order chi connectivity index (χ0) is 37.8. The number of nitrogens with zero attached hydrogens (tertiary/aromatic N) is 4. The smallest absolute Gasteiger partial charge is 0.119 e. The van der Waals surface area contributed by atoms with E-state index in [0.717, 1.165) is 86.0 Å². The summed E-state index contributed by atoms with van der Waals surface area (Å²) in [5, 5.41) is 14.5. The van der Waals surface area contributed by atoms with Crippen molar-refractivity contribution in [2.75, 3.05) is 23.2 Å². The Labute approximate surface area is 331 Å². The van der Waals surface area contributed by atoms with Crippen LogP contribution in [0.1, 0.15) is 85.7 Å². The number of rotatable bonds is 17. The maximum absolute atomic E-state index is 6.27. The summed E-state index contributed by atoms with van der Waals surface area (Å²) in [6.07, 6.45) is 8.51. The number of unbranched alkanes of at least 4 members (excludes halogenated alkanes) is 5. The first-order valence-electron chi connectivity index (χ1n) is 20.2. The second-order valence-corrected chi connectivity index (χ2v) is 14.6. The fourth-order valence-corrected chi connectivity index (χ4v) is 7.70. The van der Waals surface area contributed by atoms with Gasteiger partial charge in [0.05, 0.1) is 48.1 Å². The van der Waals surface area contributed by atoms with Crippen molar-refractivity contribution in [1.82, 2.24) is 0 Å². The third-order valence-electron chi connectivity index (χ3n) is 10.6. The summed E-state index contributed by atoms with van der Waals surface area (Å²) < 4.78 is 12.5. The van der Waals surface area contributed by atoms with E-state index in [0.29, 0.717) is 0 Å². The highest BCUT2D eigenvalue weighted by atomic mass is 16.5. The Hall–Kier alpha value is -6.14. The molecule has 0 amide bonds. The molecule has 2 heterocycles.